The summed E-state index contributed by atoms with van der Waals surface area (Å²) >= 11 is 0. The third-order valence-electron chi connectivity index (χ3n) is 3.57. The summed E-state index contributed by atoms with van der Waals surface area (Å²) in [4.78, 5) is 23.5. The number of hydrogen-bond donors (Lipinski definition) is 2. The zero-order valence-electron chi connectivity index (χ0n) is 14.8. The Morgan fingerprint density at radius 3 is 2.48 bits per heavy atom. The van der Waals surface area contributed by atoms with Crippen molar-refractivity contribution in [1.82, 2.24) is 0 Å². The lowest BCUT2D eigenvalue weighted by atomic mass is 10.1. The van der Waals surface area contributed by atoms with Gasteiger partial charge in [0.05, 0.1) is 7.11 Å². The molecule has 0 heterocycles. The first-order valence-corrected chi connectivity index (χ1v) is 8.01. The Balaban J connectivity index is 2.38. The molecule has 0 spiro atoms. The fourth-order valence-corrected chi connectivity index (χ4v) is 2.18. The molecule has 1 amide bonds. The molecule has 0 unspecified atom stereocenters. The van der Waals surface area contributed by atoms with E-state index in [4.69, 9.17) is 14.6 Å². The largest absolute Gasteiger partial charge is 0.493 e. The van der Waals surface area contributed by atoms with E-state index in [0.717, 1.165) is 0 Å². The van der Waals surface area contributed by atoms with Crippen molar-refractivity contribution >= 4 is 23.6 Å². The van der Waals surface area contributed by atoms with Gasteiger partial charge in [-0.3, -0.25) is 4.79 Å². The topological polar surface area (TPSA) is 109 Å². The van der Waals surface area contributed by atoms with Crippen LogP contribution in [0.5, 0.6) is 11.5 Å². The molecule has 2 aromatic carbocycles. The number of methoxy groups -OCH3 is 1. The maximum atomic E-state index is 12.4. The number of nitrogens with zero attached hydrogens (tertiary/aromatic N) is 1. The fraction of sp³-hybridized carbons (Fsp3) is 0.150. The second-order valence-electron chi connectivity index (χ2n) is 5.47. The molecule has 0 fully saturated rings. The van der Waals surface area contributed by atoms with Crippen molar-refractivity contribution < 1.29 is 24.2 Å². The van der Waals surface area contributed by atoms with Crippen LogP contribution in [0.3, 0.4) is 0 Å². The van der Waals surface area contributed by atoms with Crippen molar-refractivity contribution in [3.8, 4) is 17.6 Å². The van der Waals surface area contributed by atoms with Crippen LogP contribution in [0.1, 0.15) is 12.5 Å². The van der Waals surface area contributed by atoms with Crippen LogP contribution in [0.25, 0.3) is 6.08 Å². The molecule has 0 aliphatic rings. The monoisotopic (exact) mass is 366 g/mol. The van der Waals surface area contributed by atoms with Crippen LogP contribution in [-0.4, -0.2) is 30.2 Å². The van der Waals surface area contributed by atoms with Crippen molar-refractivity contribution in [2.75, 3.05) is 12.4 Å². The highest BCUT2D eigenvalue weighted by atomic mass is 16.5. The Kier molecular flexibility index (Phi) is 6.55. The minimum atomic E-state index is -1.15. The zero-order chi connectivity index (χ0) is 19.8. The Morgan fingerprint density at radius 1 is 1.19 bits per heavy atom. The average Bonchev–Trinajstić information content (AvgIpc) is 2.67. The number of anilines is 1. The molecular weight excluding hydrogens is 348 g/mol. The van der Waals surface area contributed by atoms with Gasteiger partial charge in [-0.1, -0.05) is 30.3 Å². The van der Waals surface area contributed by atoms with Crippen LogP contribution in [0.2, 0.25) is 0 Å². The maximum absolute atomic E-state index is 12.4. The molecule has 0 aliphatic carbocycles. The van der Waals surface area contributed by atoms with Crippen LogP contribution in [0.15, 0.2) is 54.1 Å². The van der Waals surface area contributed by atoms with Crippen LogP contribution < -0.4 is 14.8 Å². The van der Waals surface area contributed by atoms with Crippen LogP contribution in [-0.2, 0) is 9.59 Å². The number of nitriles is 1. The number of para-hydroxylation sites is 2. The average molecular weight is 366 g/mol. The zero-order valence-corrected chi connectivity index (χ0v) is 14.8. The summed E-state index contributed by atoms with van der Waals surface area (Å²) in [7, 11) is 1.41. The van der Waals surface area contributed by atoms with Gasteiger partial charge in [0.1, 0.15) is 11.6 Å². The standard InChI is InChI=1S/C20H18N2O5/c1-13(20(24)25)27-18-14(7-6-10-17(18)26-2)11-15(12-21)19(23)22-16-8-4-3-5-9-16/h3-11,13H,1-2H3,(H,22,23)(H,24,25)/b15-11-/t13-/m0/s1. The number of carbonyl (C=O) groups is 2. The second-order valence-corrected chi connectivity index (χ2v) is 5.47. The molecule has 138 valence electrons. The van der Waals surface area contributed by atoms with Crippen molar-refractivity contribution in [3.63, 3.8) is 0 Å². The number of carboxylic acid groups (broad SMARTS) is 1. The first kappa shape index (κ1) is 19.5. The molecule has 7 nitrogen and oxygen atoms in total. The first-order valence-electron chi connectivity index (χ1n) is 8.01. The van der Waals surface area contributed by atoms with Crippen molar-refractivity contribution in [2.45, 2.75) is 13.0 Å². The molecule has 7 heteroatoms. The molecule has 27 heavy (non-hydrogen) atoms. The minimum absolute atomic E-state index is 0.134. The molecular formula is C20H18N2O5. The number of hydrogen-bond acceptors (Lipinski definition) is 5. The summed E-state index contributed by atoms with van der Waals surface area (Å²) in [5.41, 5.74) is 0.729. The second kappa shape index (κ2) is 9.06. The molecule has 0 aliphatic heterocycles. The van der Waals surface area contributed by atoms with Gasteiger partial charge in [0.25, 0.3) is 5.91 Å². The Morgan fingerprint density at radius 2 is 1.89 bits per heavy atom. The summed E-state index contributed by atoms with van der Waals surface area (Å²) < 4.78 is 10.7. The summed E-state index contributed by atoms with van der Waals surface area (Å²) in [5, 5.41) is 21.1. The lowest BCUT2D eigenvalue weighted by Crippen LogP contribution is -2.23. The third kappa shape index (κ3) is 5.09. The molecule has 2 N–H and O–H groups in total. The SMILES string of the molecule is COc1cccc(/C=C(/C#N)C(=O)Nc2ccccc2)c1O[C@@H](C)C(=O)O. The van der Waals surface area contributed by atoms with E-state index in [1.807, 2.05) is 6.07 Å². The van der Waals surface area contributed by atoms with Crippen molar-refractivity contribution in [3.05, 3.63) is 59.7 Å². The Labute approximate surface area is 156 Å². The number of amides is 1. The Bertz CT molecular complexity index is 900. The summed E-state index contributed by atoms with van der Waals surface area (Å²) in [6, 6.07) is 15.4. The summed E-state index contributed by atoms with van der Waals surface area (Å²) in [6.45, 7) is 1.37. The van der Waals surface area contributed by atoms with E-state index in [-0.39, 0.29) is 17.1 Å². The van der Waals surface area contributed by atoms with E-state index in [1.165, 1.54) is 20.1 Å². The predicted molar refractivity (Wildman–Crippen MR) is 99.4 cm³/mol. The van der Waals surface area contributed by atoms with Crippen LogP contribution in [0, 0.1) is 11.3 Å². The summed E-state index contributed by atoms with van der Waals surface area (Å²) in [6.07, 6.45) is 0.183. The summed E-state index contributed by atoms with van der Waals surface area (Å²) in [5.74, 6) is -1.32. The third-order valence-corrected chi connectivity index (χ3v) is 3.57. The quantitative estimate of drug-likeness (QED) is 0.576. The number of aliphatic carboxylic acids is 1. The number of nitrogens with one attached hydrogen (secondary N) is 1. The van der Waals surface area contributed by atoms with Gasteiger partial charge < -0.3 is 19.9 Å². The molecule has 1 atom stereocenters. The normalized spacial score (nSPS) is 11.8. The van der Waals surface area contributed by atoms with Gasteiger partial charge in [-0.2, -0.15) is 5.26 Å². The van der Waals surface area contributed by atoms with Gasteiger partial charge in [-0.05, 0) is 31.2 Å². The molecule has 0 saturated carbocycles. The molecule has 2 aromatic rings. The minimum Gasteiger partial charge on any atom is -0.493 e. The van der Waals surface area contributed by atoms with Gasteiger partial charge in [0.15, 0.2) is 17.6 Å². The van der Waals surface area contributed by atoms with E-state index >= 15 is 0 Å². The molecule has 0 aromatic heterocycles. The van der Waals surface area contributed by atoms with Gasteiger partial charge >= 0.3 is 5.97 Å². The predicted octanol–water partition coefficient (Wildman–Crippen LogP) is 3.09. The van der Waals surface area contributed by atoms with Crippen LogP contribution in [0.4, 0.5) is 5.69 Å². The lowest BCUT2D eigenvalue weighted by Gasteiger charge is -2.16. The van der Waals surface area contributed by atoms with Crippen molar-refractivity contribution in [1.29, 1.82) is 5.26 Å². The number of carbonyl (C=O) groups excluding carboxylic acids is 1. The van der Waals surface area contributed by atoms with E-state index < -0.39 is 18.0 Å². The Hall–Kier alpha value is -3.79. The highest BCUT2D eigenvalue weighted by molar-refractivity contribution is 6.09. The van der Waals surface area contributed by atoms with E-state index in [9.17, 15) is 14.9 Å². The number of rotatable bonds is 7. The van der Waals surface area contributed by atoms with E-state index in [0.29, 0.717) is 11.3 Å². The van der Waals surface area contributed by atoms with Gasteiger partial charge in [0.2, 0.25) is 0 Å². The van der Waals surface area contributed by atoms with E-state index in [2.05, 4.69) is 5.32 Å². The molecule has 2 rings (SSSR count). The molecule has 0 radical (unpaired) electrons. The number of benzene rings is 2. The van der Waals surface area contributed by atoms with Crippen LogP contribution >= 0.6 is 0 Å². The molecule has 0 bridgehead atoms. The van der Waals surface area contributed by atoms with Gasteiger partial charge in [-0.15, -0.1) is 0 Å². The fourth-order valence-electron chi connectivity index (χ4n) is 2.18. The van der Waals surface area contributed by atoms with E-state index in [1.54, 1.807) is 48.5 Å². The lowest BCUT2D eigenvalue weighted by molar-refractivity contribution is -0.144. The highest BCUT2D eigenvalue weighted by Crippen LogP contribution is 2.33. The van der Waals surface area contributed by atoms with Crippen molar-refractivity contribution in [2.24, 2.45) is 0 Å². The van der Waals surface area contributed by atoms with Gasteiger partial charge in [0, 0.05) is 11.3 Å². The number of carboxylic acids is 1. The number of ether oxygens (including phenoxy) is 2. The van der Waals surface area contributed by atoms with Gasteiger partial charge in [-0.25, -0.2) is 4.79 Å². The smallest absolute Gasteiger partial charge is 0.344 e. The highest BCUT2D eigenvalue weighted by Gasteiger charge is 2.19. The molecule has 0 saturated heterocycles. The first-order chi connectivity index (χ1) is 13.0. The maximum Gasteiger partial charge on any atom is 0.344 e.